The van der Waals surface area contributed by atoms with Crippen molar-refractivity contribution in [3.8, 4) is 0 Å². The summed E-state index contributed by atoms with van der Waals surface area (Å²) in [5.41, 5.74) is 2.21. The van der Waals surface area contributed by atoms with Crippen molar-refractivity contribution in [3.05, 3.63) is 47.8 Å². The molecule has 0 bridgehead atoms. The number of aryl methyl sites for hydroxylation is 1. The Kier molecular flexibility index (Phi) is 4.17. The Bertz CT molecular complexity index is 675. The van der Waals surface area contributed by atoms with E-state index in [1.54, 1.807) is 4.52 Å². The second kappa shape index (κ2) is 6.24. The number of aromatic nitrogens is 3. The van der Waals surface area contributed by atoms with Gasteiger partial charge in [0.05, 0.1) is 11.9 Å². The molecule has 0 aliphatic carbocycles. The molecular formula is C15H18N4OS. The second-order valence-corrected chi connectivity index (χ2v) is 6.09. The van der Waals surface area contributed by atoms with Gasteiger partial charge in [0, 0.05) is 19.1 Å². The Hall–Kier alpha value is -1.92. The van der Waals surface area contributed by atoms with E-state index in [0.717, 1.165) is 22.2 Å². The van der Waals surface area contributed by atoms with Gasteiger partial charge in [0.25, 0.3) is 0 Å². The zero-order valence-corrected chi connectivity index (χ0v) is 12.7. The highest BCUT2D eigenvalue weighted by atomic mass is 32.1. The van der Waals surface area contributed by atoms with Gasteiger partial charge in [-0.15, -0.1) is 5.10 Å². The third kappa shape index (κ3) is 3.40. The van der Waals surface area contributed by atoms with Crippen LogP contribution in [0.3, 0.4) is 0 Å². The average molecular weight is 302 g/mol. The molecule has 1 atom stereocenters. The van der Waals surface area contributed by atoms with E-state index >= 15 is 0 Å². The third-order valence-corrected chi connectivity index (χ3v) is 4.21. The molecule has 0 spiro atoms. The zero-order chi connectivity index (χ0) is 14.7. The van der Waals surface area contributed by atoms with Crippen LogP contribution in [0.2, 0.25) is 0 Å². The summed E-state index contributed by atoms with van der Waals surface area (Å²) in [5.74, 6) is 0.172. The zero-order valence-electron chi connectivity index (χ0n) is 11.9. The second-order valence-electron chi connectivity index (χ2n) is 5.14. The van der Waals surface area contributed by atoms with Crippen molar-refractivity contribution in [2.75, 3.05) is 18.5 Å². The average Bonchev–Trinajstić information content (AvgIpc) is 3.01. The lowest BCUT2D eigenvalue weighted by Gasteiger charge is -2.14. The first kappa shape index (κ1) is 14.0. The fourth-order valence-electron chi connectivity index (χ4n) is 2.26. The Labute approximate surface area is 127 Å². The highest BCUT2D eigenvalue weighted by molar-refractivity contribution is 7.20. The van der Waals surface area contributed by atoms with Gasteiger partial charge in [-0.1, -0.05) is 41.7 Å². The van der Waals surface area contributed by atoms with E-state index in [1.165, 1.54) is 16.9 Å². The Morgan fingerprint density at radius 3 is 2.86 bits per heavy atom. The van der Waals surface area contributed by atoms with Crippen LogP contribution in [0.4, 0.5) is 5.13 Å². The fourth-order valence-corrected chi connectivity index (χ4v) is 3.09. The van der Waals surface area contributed by atoms with Crippen molar-refractivity contribution in [2.45, 2.75) is 13.3 Å². The molecular weight excluding hydrogens is 284 g/mol. The summed E-state index contributed by atoms with van der Waals surface area (Å²) in [6.45, 7) is 2.81. The molecule has 3 rings (SSSR count). The molecule has 1 unspecified atom stereocenters. The van der Waals surface area contributed by atoms with Gasteiger partial charge in [-0.25, -0.2) is 9.50 Å². The van der Waals surface area contributed by atoms with Crippen LogP contribution >= 0.6 is 11.3 Å². The molecule has 21 heavy (non-hydrogen) atoms. The Balaban J connectivity index is 1.60. The first-order valence-corrected chi connectivity index (χ1v) is 7.77. The molecule has 1 aromatic carbocycles. The Morgan fingerprint density at radius 2 is 2.14 bits per heavy atom. The van der Waals surface area contributed by atoms with Crippen molar-refractivity contribution >= 4 is 21.4 Å². The minimum Gasteiger partial charge on any atom is -0.396 e. The maximum absolute atomic E-state index is 9.53. The fraction of sp³-hybridized carbons (Fsp3) is 0.333. The number of rotatable bonds is 6. The molecule has 0 aliphatic heterocycles. The highest BCUT2D eigenvalue weighted by Gasteiger charge is 2.11. The quantitative estimate of drug-likeness (QED) is 0.734. The molecule has 0 aliphatic rings. The molecule has 5 nitrogen and oxygen atoms in total. The van der Waals surface area contributed by atoms with Crippen LogP contribution in [-0.2, 0) is 6.42 Å². The summed E-state index contributed by atoms with van der Waals surface area (Å²) in [6.07, 6.45) is 2.76. The van der Waals surface area contributed by atoms with Gasteiger partial charge in [0.15, 0.2) is 0 Å². The summed E-state index contributed by atoms with van der Waals surface area (Å²) < 4.78 is 1.79. The highest BCUT2D eigenvalue weighted by Crippen LogP contribution is 2.19. The molecule has 0 saturated heterocycles. The van der Waals surface area contributed by atoms with Crippen LogP contribution in [0.15, 0.2) is 36.5 Å². The monoisotopic (exact) mass is 302 g/mol. The SMILES string of the molecule is Cc1cn2nc(NCC(CO)Cc3ccccc3)sc2n1. The number of aliphatic hydroxyl groups is 1. The smallest absolute Gasteiger partial charge is 0.214 e. The molecule has 2 heterocycles. The summed E-state index contributed by atoms with van der Waals surface area (Å²) >= 11 is 1.52. The summed E-state index contributed by atoms with van der Waals surface area (Å²) in [7, 11) is 0. The minimum absolute atomic E-state index is 0.156. The van der Waals surface area contributed by atoms with Gasteiger partial charge in [-0.3, -0.25) is 0 Å². The van der Waals surface area contributed by atoms with Gasteiger partial charge in [-0.05, 0) is 18.9 Å². The van der Waals surface area contributed by atoms with Crippen LogP contribution in [0.25, 0.3) is 4.96 Å². The molecule has 2 aromatic heterocycles. The van der Waals surface area contributed by atoms with Gasteiger partial charge in [0.2, 0.25) is 10.1 Å². The van der Waals surface area contributed by atoms with E-state index in [4.69, 9.17) is 0 Å². The van der Waals surface area contributed by atoms with Crippen LogP contribution in [0.5, 0.6) is 0 Å². The van der Waals surface area contributed by atoms with E-state index in [0.29, 0.717) is 6.54 Å². The third-order valence-electron chi connectivity index (χ3n) is 3.33. The van der Waals surface area contributed by atoms with Crippen LogP contribution in [0, 0.1) is 12.8 Å². The van der Waals surface area contributed by atoms with Crippen molar-refractivity contribution < 1.29 is 5.11 Å². The predicted octanol–water partition coefficient (Wildman–Crippen LogP) is 2.36. The first-order valence-electron chi connectivity index (χ1n) is 6.96. The lowest BCUT2D eigenvalue weighted by Crippen LogP contribution is -2.20. The molecule has 6 heteroatoms. The van der Waals surface area contributed by atoms with Crippen LogP contribution < -0.4 is 5.32 Å². The minimum atomic E-state index is 0.156. The molecule has 0 fully saturated rings. The van der Waals surface area contributed by atoms with Gasteiger partial charge >= 0.3 is 0 Å². The van der Waals surface area contributed by atoms with E-state index in [-0.39, 0.29) is 12.5 Å². The topological polar surface area (TPSA) is 62.5 Å². The molecule has 0 radical (unpaired) electrons. The number of anilines is 1. The van der Waals surface area contributed by atoms with Gasteiger partial charge in [-0.2, -0.15) is 0 Å². The van der Waals surface area contributed by atoms with Gasteiger partial charge in [0.1, 0.15) is 0 Å². The normalized spacial score (nSPS) is 12.7. The summed E-state index contributed by atoms with van der Waals surface area (Å²) in [4.78, 5) is 5.27. The maximum atomic E-state index is 9.53. The lowest BCUT2D eigenvalue weighted by atomic mass is 10.0. The standard InChI is InChI=1S/C15H18N4OS/c1-11-9-19-15(17-11)21-14(18-19)16-8-13(10-20)7-12-5-3-2-4-6-12/h2-6,9,13,20H,7-8,10H2,1H3,(H,16,18). The van der Waals surface area contributed by atoms with E-state index in [9.17, 15) is 5.11 Å². The van der Waals surface area contributed by atoms with E-state index < -0.39 is 0 Å². The summed E-state index contributed by atoms with van der Waals surface area (Å²) in [6, 6.07) is 10.2. The van der Waals surface area contributed by atoms with Gasteiger partial charge < -0.3 is 10.4 Å². The molecule has 3 aromatic rings. The van der Waals surface area contributed by atoms with E-state index in [1.807, 2.05) is 31.3 Å². The molecule has 2 N–H and O–H groups in total. The van der Waals surface area contributed by atoms with Crippen molar-refractivity contribution in [1.29, 1.82) is 0 Å². The lowest BCUT2D eigenvalue weighted by molar-refractivity contribution is 0.232. The molecule has 0 amide bonds. The number of aliphatic hydroxyl groups excluding tert-OH is 1. The van der Waals surface area contributed by atoms with Crippen LogP contribution in [0.1, 0.15) is 11.3 Å². The molecule has 0 saturated carbocycles. The van der Waals surface area contributed by atoms with E-state index in [2.05, 4.69) is 27.5 Å². The first-order chi connectivity index (χ1) is 10.2. The van der Waals surface area contributed by atoms with Crippen molar-refractivity contribution in [2.24, 2.45) is 5.92 Å². The maximum Gasteiger partial charge on any atom is 0.214 e. The van der Waals surface area contributed by atoms with Crippen molar-refractivity contribution in [3.63, 3.8) is 0 Å². The number of fused-ring (bicyclic) bond motifs is 1. The number of hydrogen-bond donors (Lipinski definition) is 2. The van der Waals surface area contributed by atoms with Crippen molar-refractivity contribution in [1.82, 2.24) is 14.6 Å². The largest absolute Gasteiger partial charge is 0.396 e. The number of nitrogens with zero attached hydrogens (tertiary/aromatic N) is 3. The predicted molar refractivity (Wildman–Crippen MR) is 84.8 cm³/mol. The Morgan fingerprint density at radius 1 is 1.33 bits per heavy atom. The number of imidazole rings is 1. The number of hydrogen-bond acceptors (Lipinski definition) is 5. The summed E-state index contributed by atoms with van der Waals surface area (Å²) in [5, 5.41) is 18.1. The van der Waals surface area contributed by atoms with Crippen LogP contribution in [-0.4, -0.2) is 32.9 Å². The number of benzene rings is 1. The molecule has 110 valence electrons. The number of nitrogens with one attached hydrogen (secondary N) is 1.